The molecule has 0 saturated heterocycles. The quantitative estimate of drug-likeness (QED) is 0.145. The van der Waals surface area contributed by atoms with Crippen LogP contribution in [-0.2, 0) is 12.8 Å². The summed E-state index contributed by atoms with van der Waals surface area (Å²) in [6.07, 6.45) is -2.43. The summed E-state index contributed by atoms with van der Waals surface area (Å²) in [7, 11) is 0. The maximum Gasteiger partial charge on any atom is 0.435 e. The van der Waals surface area contributed by atoms with E-state index in [4.69, 9.17) is 11.3 Å². The van der Waals surface area contributed by atoms with Crippen molar-refractivity contribution in [2.75, 3.05) is 11.9 Å². The number of nitrogens with one attached hydrogen (secondary N) is 2. The second-order valence-corrected chi connectivity index (χ2v) is 11.2. The normalized spacial score (nSPS) is 13.5. The van der Waals surface area contributed by atoms with Gasteiger partial charge in [-0.25, -0.2) is 9.53 Å². The fraction of sp³-hybridized carbons (Fsp3) is 0.194. The number of rotatable bonds is 11. The van der Waals surface area contributed by atoms with E-state index < -0.39 is 17.8 Å². The van der Waals surface area contributed by atoms with Gasteiger partial charge in [0, 0.05) is 11.8 Å². The Morgan fingerprint density at radius 2 is 1.67 bits per heavy atom. The van der Waals surface area contributed by atoms with Crippen molar-refractivity contribution in [1.82, 2.24) is 15.1 Å². The van der Waals surface area contributed by atoms with Crippen molar-refractivity contribution in [2.45, 2.75) is 31.7 Å². The molecule has 2 N–H and O–H groups in total. The molecule has 7 nitrogen and oxygen atoms in total. The molecule has 1 aliphatic rings. The smallest absolute Gasteiger partial charge is 0.435 e. The van der Waals surface area contributed by atoms with Gasteiger partial charge >= 0.3 is 6.18 Å². The number of carbonyl (C=O) groups excluding carboxylic acids is 1. The van der Waals surface area contributed by atoms with Crippen molar-refractivity contribution in [3.63, 3.8) is 0 Å². The number of amides is 1. The first-order valence-corrected chi connectivity index (χ1v) is 14.8. The first-order valence-electron chi connectivity index (χ1n) is 14.8. The Morgan fingerprint density at radius 1 is 0.935 bits per heavy atom. The molecular weight excluding hydrogens is 591 g/mol. The Balaban J connectivity index is 1.27. The van der Waals surface area contributed by atoms with E-state index in [1.54, 1.807) is 12.1 Å². The van der Waals surface area contributed by atoms with Crippen molar-refractivity contribution < 1.29 is 22.7 Å². The van der Waals surface area contributed by atoms with Crippen LogP contribution in [0.2, 0.25) is 0 Å². The van der Waals surface area contributed by atoms with Crippen LogP contribution in [0.1, 0.15) is 51.8 Å². The number of alkyl halides is 3. The number of hydrogen-bond acceptors (Lipinski definition) is 4. The highest BCUT2D eigenvalue weighted by Crippen LogP contribution is 2.33. The molecule has 46 heavy (non-hydrogen) atoms. The zero-order valence-corrected chi connectivity index (χ0v) is 24.7. The zero-order chi connectivity index (χ0) is 32.1. The summed E-state index contributed by atoms with van der Waals surface area (Å²) in [5.41, 5.74) is 2.16. The lowest BCUT2D eigenvalue weighted by Crippen LogP contribution is -2.25. The highest BCUT2D eigenvalue weighted by Gasteiger charge is 2.36. The molecule has 0 bridgehead atoms. The minimum Gasteiger partial charge on any atom is -0.489 e. The predicted octanol–water partition coefficient (Wildman–Crippen LogP) is 8.36. The molecule has 232 valence electrons. The van der Waals surface area contributed by atoms with Gasteiger partial charge in [0.25, 0.3) is 5.91 Å². The summed E-state index contributed by atoms with van der Waals surface area (Å²) in [4.78, 5) is 16.8. The molecule has 6 rings (SSSR count). The number of ether oxygens (including phenoxy) is 1. The number of halogens is 3. The van der Waals surface area contributed by atoms with Crippen LogP contribution in [-0.4, -0.2) is 22.2 Å². The van der Waals surface area contributed by atoms with Gasteiger partial charge in [0.1, 0.15) is 18.1 Å². The van der Waals surface area contributed by atoms with Crippen molar-refractivity contribution in [3.8, 4) is 11.4 Å². The SMILES string of the molecule is [C-]#[N+]c1cccc(-n2nc(C(F)(F)F)cc2C(=O)Nc2cccc(C(NCC3CC3)c3cccc(OCc4ccccc4)c3)c2)c1. The predicted molar refractivity (Wildman–Crippen MR) is 169 cm³/mol. The summed E-state index contributed by atoms with van der Waals surface area (Å²) < 4.78 is 48.0. The number of anilines is 1. The second kappa shape index (κ2) is 13.3. The maximum absolute atomic E-state index is 13.7. The van der Waals surface area contributed by atoms with Crippen LogP contribution < -0.4 is 15.4 Å². The van der Waals surface area contributed by atoms with Crippen molar-refractivity contribution in [1.29, 1.82) is 0 Å². The van der Waals surface area contributed by atoms with E-state index in [9.17, 15) is 18.0 Å². The molecule has 10 heteroatoms. The summed E-state index contributed by atoms with van der Waals surface area (Å²) in [5, 5.41) is 10.1. The fourth-order valence-corrected chi connectivity index (χ4v) is 5.12. The van der Waals surface area contributed by atoms with E-state index in [1.165, 1.54) is 37.1 Å². The molecule has 1 unspecified atom stereocenters. The minimum absolute atomic E-state index is 0.168. The van der Waals surface area contributed by atoms with Gasteiger partial charge in [-0.2, -0.15) is 18.3 Å². The maximum atomic E-state index is 13.7. The van der Waals surface area contributed by atoms with Crippen LogP contribution in [0, 0.1) is 12.5 Å². The van der Waals surface area contributed by atoms with Crippen LogP contribution in [0.15, 0.2) is 109 Å². The average molecular weight is 622 g/mol. The van der Waals surface area contributed by atoms with Crippen LogP contribution in [0.4, 0.5) is 24.5 Å². The van der Waals surface area contributed by atoms with Crippen molar-refractivity contribution in [2.24, 2.45) is 5.92 Å². The third kappa shape index (κ3) is 7.45. The van der Waals surface area contributed by atoms with Crippen molar-refractivity contribution in [3.05, 3.63) is 149 Å². The number of aromatic nitrogens is 2. The van der Waals surface area contributed by atoms with Gasteiger partial charge in [0.15, 0.2) is 11.4 Å². The number of hydrogen-bond donors (Lipinski definition) is 2. The van der Waals surface area contributed by atoms with Crippen LogP contribution in [0.3, 0.4) is 0 Å². The summed E-state index contributed by atoms with van der Waals surface area (Å²) >= 11 is 0. The third-order valence-electron chi connectivity index (χ3n) is 7.66. The molecule has 1 amide bonds. The topological polar surface area (TPSA) is 72.5 Å². The first-order chi connectivity index (χ1) is 22.3. The molecule has 0 radical (unpaired) electrons. The van der Waals surface area contributed by atoms with E-state index >= 15 is 0 Å². The second-order valence-electron chi connectivity index (χ2n) is 11.2. The molecule has 1 heterocycles. The Hall–Kier alpha value is -5.40. The lowest BCUT2D eigenvalue weighted by molar-refractivity contribution is -0.141. The van der Waals surface area contributed by atoms with Gasteiger partial charge < -0.3 is 15.4 Å². The molecule has 1 fully saturated rings. The van der Waals surface area contributed by atoms with E-state index in [2.05, 4.69) is 20.6 Å². The first kappa shape index (κ1) is 30.6. The summed E-state index contributed by atoms with van der Waals surface area (Å²) in [5.74, 6) is 0.555. The standard InChI is InChI=1S/C36H30F3N5O2/c1-40-28-12-7-14-30(20-28)44-32(21-33(43-44)36(37,38)39)35(45)42-29-13-5-10-26(18-29)34(41-22-24-16-17-24)27-11-6-15-31(19-27)46-23-25-8-3-2-4-9-25/h2-15,18-21,24,34,41H,16-17,22-23H2,(H,42,45). The monoisotopic (exact) mass is 621 g/mol. The van der Waals surface area contributed by atoms with E-state index in [1.807, 2.05) is 66.7 Å². The van der Waals surface area contributed by atoms with Crippen LogP contribution >= 0.6 is 0 Å². The third-order valence-corrected chi connectivity index (χ3v) is 7.66. The molecular formula is C36H30F3N5O2. The molecule has 0 aliphatic heterocycles. The highest BCUT2D eigenvalue weighted by atomic mass is 19.4. The fourth-order valence-electron chi connectivity index (χ4n) is 5.12. The zero-order valence-electron chi connectivity index (χ0n) is 24.7. The summed E-state index contributed by atoms with van der Waals surface area (Å²) in [6.45, 7) is 8.51. The Kier molecular flexibility index (Phi) is 8.85. The van der Waals surface area contributed by atoms with Gasteiger partial charge in [-0.1, -0.05) is 66.7 Å². The lowest BCUT2D eigenvalue weighted by atomic mass is 9.97. The molecule has 1 saturated carbocycles. The molecule has 0 spiro atoms. The molecule has 4 aromatic carbocycles. The number of carbonyl (C=O) groups is 1. The van der Waals surface area contributed by atoms with Crippen LogP contribution in [0.25, 0.3) is 10.5 Å². The van der Waals surface area contributed by atoms with Crippen LogP contribution in [0.5, 0.6) is 5.75 Å². The molecule has 1 aliphatic carbocycles. The minimum atomic E-state index is -4.77. The molecule has 1 aromatic heterocycles. The van der Waals surface area contributed by atoms with Gasteiger partial charge in [0.05, 0.1) is 18.3 Å². The lowest BCUT2D eigenvalue weighted by Gasteiger charge is -2.21. The van der Waals surface area contributed by atoms with Gasteiger partial charge in [-0.3, -0.25) is 4.79 Å². The Morgan fingerprint density at radius 3 is 2.41 bits per heavy atom. The van der Waals surface area contributed by atoms with Crippen molar-refractivity contribution >= 4 is 17.3 Å². The molecule has 5 aromatic rings. The van der Waals surface area contributed by atoms with Gasteiger partial charge in [-0.05, 0) is 78.4 Å². The number of nitrogens with zero attached hydrogens (tertiary/aromatic N) is 3. The van der Waals surface area contributed by atoms with E-state index in [0.29, 0.717) is 24.3 Å². The van der Waals surface area contributed by atoms with Gasteiger partial charge in [-0.15, -0.1) is 0 Å². The average Bonchev–Trinajstić information content (AvgIpc) is 3.78. The van der Waals surface area contributed by atoms with E-state index in [0.717, 1.165) is 33.7 Å². The van der Waals surface area contributed by atoms with E-state index in [-0.39, 0.29) is 23.1 Å². The summed E-state index contributed by atoms with van der Waals surface area (Å²) in [6, 6.07) is 31.4. The largest absolute Gasteiger partial charge is 0.489 e. The Bertz CT molecular complexity index is 1880. The van der Waals surface area contributed by atoms with Gasteiger partial charge in [0.2, 0.25) is 0 Å². The number of benzene rings is 4. The molecule has 1 atom stereocenters. The Labute approximate surface area is 264 Å². The highest BCUT2D eigenvalue weighted by molar-refractivity contribution is 6.03.